The van der Waals surface area contributed by atoms with E-state index >= 15 is 0 Å². The third-order valence-electron chi connectivity index (χ3n) is 2.07. The van der Waals surface area contributed by atoms with Gasteiger partial charge in [0, 0.05) is 0 Å². The molecule has 1 unspecified atom stereocenters. The third-order valence-corrected chi connectivity index (χ3v) is 2.07. The molecule has 0 saturated heterocycles. The van der Waals surface area contributed by atoms with E-state index in [1.165, 1.54) is 0 Å². The molecular formula is C11H14F3NO. The van der Waals surface area contributed by atoms with Gasteiger partial charge in [0.05, 0.1) is 12.6 Å². The first-order chi connectivity index (χ1) is 7.38. The van der Waals surface area contributed by atoms with Crippen molar-refractivity contribution in [3.05, 3.63) is 35.4 Å². The summed E-state index contributed by atoms with van der Waals surface area (Å²) in [5.41, 5.74) is 7.53. The zero-order valence-corrected chi connectivity index (χ0v) is 8.92. The first-order valence-electron chi connectivity index (χ1n) is 4.85. The molecule has 1 atom stereocenters. The molecular weight excluding hydrogens is 219 g/mol. The molecule has 5 heteroatoms. The Hall–Kier alpha value is -1.07. The summed E-state index contributed by atoms with van der Waals surface area (Å²) in [4.78, 5) is 0. The highest BCUT2D eigenvalue weighted by Gasteiger charge is 2.27. The van der Waals surface area contributed by atoms with Gasteiger partial charge in [-0.3, -0.25) is 0 Å². The van der Waals surface area contributed by atoms with Gasteiger partial charge < -0.3 is 10.5 Å². The zero-order chi connectivity index (χ0) is 12.2. The zero-order valence-electron chi connectivity index (χ0n) is 8.92. The molecule has 90 valence electrons. The Balaban J connectivity index is 2.41. The largest absolute Gasteiger partial charge is 0.411 e. The summed E-state index contributed by atoms with van der Waals surface area (Å²) < 4.78 is 39.9. The number of nitrogens with two attached hydrogens (primary N) is 1. The summed E-state index contributed by atoms with van der Waals surface area (Å²) in [6.07, 6.45) is -4.30. The number of benzene rings is 1. The van der Waals surface area contributed by atoms with E-state index < -0.39 is 18.8 Å². The van der Waals surface area contributed by atoms with Crippen molar-refractivity contribution in [1.82, 2.24) is 0 Å². The second-order valence-corrected chi connectivity index (χ2v) is 3.65. The lowest BCUT2D eigenvalue weighted by Gasteiger charge is -2.13. The van der Waals surface area contributed by atoms with Crippen LogP contribution >= 0.6 is 0 Å². The van der Waals surface area contributed by atoms with Gasteiger partial charge in [0.1, 0.15) is 6.61 Å². The summed E-state index contributed by atoms with van der Waals surface area (Å²) in [7, 11) is 0. The number of ether oxygens (including phenoxy) is 1. The molecule has 2 nitrogen and oxygen atoms in total. The van der Waals surface area contributed by atoms with E-state index in [0.717, 1.165) is 11.1 Å². The van der Waals surface area contributed by atoms with Crippen molar-refractivity contribution in [2.45, 2.75) is 19.1 Å². The van der Waals surface area contributed by atoms with E-state index in [0.29, 0.717) is 0 Å². The van der Waals surface area contributed by atoms with Gasteiger partial charge in [-0.2, -0.15) is 13.2 Å². The van der Waals surface area contributed by atoms with Crippen LogP contribution in [0.25, 0.3) is 0 Å². The highest BCUT2D eigenvalue weighted by atomic mass is 19.4. The predicted octanol–water partition coefficient (Wildman–Crippen LogP) is 2.57. The average molecular weight is 233 g/mol. The van der Waals surface area contributed by atoms with E-state index in [1.54, 1.807) is 12.1 Å². The van der Waals surface area contributed by atoms with Crippen LogP contribution < -0.4 is 5.73 Å². The molecule has 1 aromatic carbocycles. The Labute approximate surface area is 92.2 Å². The maximum absolute atomic E-state index is 11.8. The minimum atomic E-state index is -4.30. The Morgan fingerprint density at radius 1 is 1.25 bits per heavy atom. The van der Waals surface area contributed by atoms with Crippen LogP contribution in [0.5, 0.6) is 0 Å². The number of aryl methyl sites for hydroxylation is 1. The second kappa shape index (κ2) is 5.32. The molecule has 0 bridgehead atoms. The smallest absolute Gasteiger partial charge is 0.370 e. The molecule has 1 rings (SSSR count). The second-order valence-electron chi connectivity index (χ2n) is 3.65. The monoisotopic (exact) mass is 233 g/mol. The fraction of sp³-hybridized carbons (Fsp3) is 0.455. The number of hydrogen-bond donors (Lipinski definition) is 1. The number of halogens is 3. The van der Waals surface area contributed by atoms with Crippen LogP contribution in [0.4, 0.5) is 13.2 Å². The molecule has 0 radical (unpaired) electrons. The van der Waals surface area contributed by atoms with Crippen LogP contribution in [0.2, 0.25) is 0 Å². The molecule has 0 aromatic heterocycles. The molecule has 2 N–H and O–H groups in total. The molecule has 0 heterocycles. The third kappa shape index (κ3) is 4.63. The van der Waals surface area contributed by atoms with E-state index in [-0.39, 0.29) is 6.61 Å². The first kappa shape index (κ1) is 13.0. The van der Waals surface area contributed by atoms with Crippen LogP contribution in [-0.2, 0) is 4.74 Å². The Kier molecular flexibility index (Phi) is 4.32. The average Bonchev–Trinajstić information content (AvgIpc) is 2.16. The van der Waals surface area contributed by atoms with Crippen molar-refractivity contribution >= 4 is 0 Å². The molecule has 0 amide bonds. The van der Waals surface area contributed by atoms with Gasteiger partial charge in [0.15, 0.2) is 0 Å². The molecule has 0 saturated carbocycles. The summed E-state index contributed by atoms with van der Waals surface area (Å²) in [5.74, 6) is 0. The van der Waals surface area contributed by atoms with Crippen molar-refractivity contribution in [2.75, 3.05) is 13.2 Å². The lowest BCUT2D eigenvalue weighted by molar-refractivity contribution is -0.174. The highest BCUT2D eigenvalue weighted by Crippen LogP contribution is 2.16. The van der Waals surface area contributed by atoms with Gasteiger partial charge in [0.2, 0.25) is 0 Å². The maximum Gasteiger partial charge on any atom is 0.411 e. The SMILES string of the molecule is Cc1ccc(C(N)COCC(F)(F)F)cc1. The summed E-state index contributed by atoms with van der Waals surface area (Å²) in [5, 5.41) is 0. The van der Waals surface area contributed by atoms with Gasteiger partial charge in [-0.1, -0.05) is 29.8 Å². The van der Waals surface area contributed by atoms with Crippen molar-refractivity contribution in [1.29, 1.82) is 0 Å². The lowest BCUT2D eigenvalue weighted by atomic mass is 10.1. The predicted molar refractivity (Wildman–Crippen MR) is 55.0 cm³/mol. The first-order valence-corrected chi connectivity index (χ1v) is 4.85. The van der Waals surface area contributed by atoms with Crippen molar-refractivity contribution in [2.24, 2.45) is 5.73 Å². The topological polar surface area (TPSA) is 35.2 Å². The number of alkyl halides is 3. The van der Waals surface area contributed by atoms with Crippen LogP contribution in [0.15, 0.2) is 24.3 Å². The summed E-state index contributed by atoms with van der Waals surface area (Å²) in [6.45, 7) is 0.532. The van der Waals surface area contributed by atoms with E-state index in [9.17, 15) is 13.2 Å². The Morgan fingerprint density at radius 3 is 2.31 bits per heavy atom. The van der Waals surface area contributed by atoms with Gasteiger partial charge >= 0.3 is 6.18 Å². The van der Waals surface area contributed by atoms with Crippen LogP contribution in [0, 0.1) is 6.92 Å². The molecule has 1 aromatic rings. The Morgan fingerprint density at radius 2 is 1.81 bits per heavy atom. The Bertz CT molecular complexity index is 321. The van der Waals surface area contributed by atoms with E-state index in [4.69, 9.17) is 5.73 Å². The van der Waals surface area contributed by atoms with Crippen LogP contribution in [0.1, 0.15) is 17.2 Å². The molecule has 0 spiro atoms. The minimum absolute atomic E-state index is 0.136. The van der Waals surface area contributed by atoms with Gasteiger partial charge in [-0.25, -0.2) is 0 Å². The maximum atomic E-state index is 11.8. The summed E-state index contributed by atoms with van der Waals surface area (Å²) >= 11 is 0. The number of hydrogen-bond acceptors (Lipinski definition) is 2. The fourth-order valence-electron chi connectivity index (χ4n) is 1.21. The van der Waals surface area contributed by atoms with Gasteiger partial charge in [-0.15, -0.1) is 0 Å². The molecule has 0 fully saturated rings. The molecule has 0 aliphatic carbocycles. The lowest BCUT2D eigenvalue weighted by Crippen LogP contribution is -2.23. The van der Waals surface area contributed by atoms with Gasteiger partial charge in [-0.05, 0) is 12.5 Å². The van der Waals surface area contributed by atoms with Crippen LogP contribution in [0.3, 0.4) is 0 Å². The van der Waals surface area contributed by atoms with E-state index in [2.05, 4.69) is 4.74 Å². The highest BCUT2D eigenvalue weighted by molar-refractivity contribution is 5.23. The van der Waals surface area contributed by atoms with Crippen molar-refractivity contribution in [3.63, 3.8) is 0 Å². The van der Waals surface area contributed by atoms with Gasteiger partial charge in [0.25, 0.3) is 0 Å². The molecule has 0 aliphatic heterocycles. The minimum Gasteiger partial charge on any atom is -0.370 e. The van der Waals surface area contributed by atoms with Crippen molar-refractivity contribution in [3.8, 4) is 0 Å². The molecule has 0 aliphatic rings. The quantitative estimate of drug-likeness (QED) is 0.867. The van der Waals surface area contributed by atoms with Crippen LogP contribution in [-0.4, -0.2) is 19.4 Å². The fourth-order valence-corrected chi connectivity index (χ4v) is 1.21. The van der Waals surface area contributed by atoms with E-state index in [1.807, 2.05) is 19.1 Å². The number of rotatable bonds is 4. The normalized spacial score (nSPS) is 13.8. The standard InChI is InChI=1S/C11H14F3NO/c1-8-2-4-9(5-3-8)10(15)6-16-7-11(12,13)14/h2-5,10H,6-7,15H2,1H3. The summed E-state index contributed by atoms with van der Waals surface area (Å²) in [6, 6.07) is 6.77. The molecule has 16 heavy (non-hydrogen) atoms. The van der Waals surface area contributed by atoms with Crippen molar-refractivity contribution < 1.29 is 17.9 Å².